The van der Waals surface area contributed by atoms with Gasteiger partial charge >= 0.3 is 6.18 Å². The lowest BCUT2D eigenvalue weighted by molar-refractivity contribution is -0.141. The highest BCUT2D eigenvalue weighted by molar-refractivity contribution is 5.17. The maximum Gasteiger partial charge on any atom is 0.435 e. The van der Waals surface area contributed by atoms with Gasteiger partial charge in [-0.05, 0) is 18.1 Å². The fraction of sp³-hybridized carbons (Fsp3) is 0.308. The van der Waals surface area contributed by atoms with E-state index in [1.54, 1.807) is 24.3 Å². The van der Waals surface area contributed by atoms with E-state index in [0.717, 1.165) is 11.6 Å². The molecule has 0 radical (unpaired) electrons. The molecule has 2 aromatic rings. The summed E-state index contributed by atoms with van der Waals surface area (Å²) >= 11 is 0. The minimum Gasteiger partial charge on any atom is -0.388 e. The Balaban J connectivity index is 1.94. The number of rotatable bonds is 4. The van der Waals surface area contributed by atoms with Gasteiger partial charge in [0.05, 0.1) is 6.10 Å². The van der Waals surface area contributed by atoms with Gasteiger partial charge in [-0.25, -0.2) is 0 Å². The van der Waals surface area contributed by atoms with Crippen LogP contribution in [0.4, 0.5) is 13.2 Å². The molecule has 0 saturated carbocycles. The molecule has 3 nitrogen and oxygen atoms in total. The van der Waals surface area contributed by atoms with Crippen molar-refractivity contribution in [1.82, 2.24) is 9.78 Å². The van der Waals surface area contributed by atoms with Crippen LogP contribution in [0.5, 0.6) is 0 Å². The largest absolute Gasteiger partial charge is 0.435 e. The summed E-state index contributed by atoms with van der Waals surface area (Å²) in [5.74, 6) is 0. The van der Waals surface area contributed by atoms with Gasteiger partial charge in [0.1, 0.15) is 0 Å². The number of hydrogen-bond donors (Lipinski definition) is 1. The topological polar surface area (TPSA) is 38.0 Å². The molecule has 19 heavy (non-hydrogen) atoms. The van der Waals surface area contributed by atoms with Crippen LogP contribution in [0.3, 0.4) is 0 Å². The maximum atomic E-state index is 12.3. The predicted octanol–water partition coefficient (Wildman–Crippen LogP) is 3.03. The Morgan fingerprint density at radius 1 is 1.16 bits per heavy atom. The number of hydrogen-bond acceptors (Lipinski definition) is 2. The lowest BCUT2D eigenvalue weighted by atomic mass is 10.1. The van der Waals surface area contributed by atoms with E-state index in [4.69, 9.17) is 0 Å². The van der Waals surface area contributed by atoms with Crippen molar-refractivity contribution in [2.75, 3.05) is 0 Å². The number of aliphatic hydroxyl groups excluding tert-OH is 1. The summed E-state index contributed by atoms with van der Waals surface area (Å²) in [6.07, 6.45) is -3.56. The van der Waals surface area contributed by atoms with E-state index in [0.29, 0.717) is 6.42 Å². The van der Waals surface area contributed by atoms with Crippen molar-refractivity contribution in [3.63, 3.8) is 0 Å². The van der Waals surface area contributed by atoms with Gasteiger partial charge in [0.2, 0.25) is 0 Å². The lowest BCUT2D eigenvalue weighted by Gasteiger charge is -2.10. The zero-order valence-corrected chi connectivity index (χ0v) is 10.0. The minimum absolute atomic E-state index is 0.228. The third-order valence-corrected chi connectivity index (χ3v) is 2.75. The summed E-state index contributed by atoms with van der Waals surface area (Å²) in [4.78, 5) is 0. The molecule has 1 aromatic carbocycles. The van der Waals surface area contributed by atoms with E-state index in [-0.39, 0.29) is 6.54 Å². The maximum absolute atomic E-state index is 12.3. The molecule has 0 fully saturated rings. The number of aryl methyl sites for hydroxylation is 1. The van der Waals surface area contributed by atoms with Crippen LogP contribution in [0.2, 0.25) is 0 Å². The van der Waals surface area contributed by atoms with Crippen molar-refractivity contribution in [3.05, 3.63) is 53.9 Å². The van der Waals surface area contributed by atoms with Crippen LogP contribution in [0, 0.1) is 0 Å². The van der Waals surface area contributed by atoms with E-state index >= 15 is 0 Å². The van der Waals surface area contributed by atoms with Crippen molar-refractivity contribution in [2.24, 2.45) is 0 Å². The first-order chi connectivity index (χ1) is 8.97. The normalized spacial score (nSPS) is 13.5. The van der Waals surface area contributed by atoms with Crippen LogP contribution in [0.15, 0.2) is 42.6 Å². The molecule has 0 aliphatic heterocycles. The predicted molar refractivity (Wildman–Crippen MR) is 63.2 cm³/mol. The van der Waals surface area contributed by atoms with E-state index < -0.39 is 18.0 Å². The van der Waals surface area contributed by atoms with Crippen LogP contribution < -0.4 is 0 Å². The highest BCUT2D eigenvalue weighted by Gasteiger charge is 2.33. The van der Waals surface area contributed by atoms with Crippen LogP contribution in [0.1, 0.15) is 23.8 Å². The molecule has 0 spiro atoms. The van der Waals surface area contributed by atoms with Crippen molar-refractivity contribution in [3.8, 4) is 0 Å². The summed E-state index contributed by atoms with van der Waals surface area (Å²) < 4.78 is 38.2. The van der Waals surface area contributed by atoms with Gasteiger partial charge in [-0.2, -0.15) is 18.3 Å². The molecule has 1 unspecified atom stereocenters. The zero-order valence-electron chi connectivity index (χ0n) is 10.0. The average molecular weight is 270 g/mol. The number of nitrogens with zero attached hydrogens (tertiary/aromatic N) is 2. The molecule has 6 heteroatoms. The molecule has 1 N–H and O–H groups in total. The van der Waals surface area contributed by atoms with Crippen LogP contribution in [-0.2, 0) is 12.7 Å². The Hall–Kier alpha value is -1.82. The van der Waals surface area contributed by atoms with Gasteiger partial charge < -0.3 is 5.11 Å². The SMILES string of the molecule is OC(CCn1ccc(C(F)(F)F)n1)c1ccccc1. The third-order valence-electron chi connectivity index (χ3n) is 2.75. The molecule has 0 saturated heterocycles. The van der Waals surface area contributed by atoms with E-state index in [9.17, 15) is 18.3 Å². The summed E-state index contributed by atoms with van der Waals surface area (Å²) in [6, 6.07) is 9.90. The van der Waals surface area contributed by atoms with Gasteiger partial charge in [-0.3, -0.25) is 4.68 Å². The average Bonchev–Trinajstić information content (AvgIpc) is 2.86. The Labute approximate surface area is 108 Å². The second-order valence-electron chi connectivity index (χ2n) is 4.18. The molecule has 1 aromatic heterocycles. The highest BCUT2D eigenvalue weighted by atomic mass is 19.4. The smallest absolute Gasteiger partial charge is 0.388 e. The molecule has 1 heterocycles. The summed E-state index contributed by atoms with van der Waals surface area (Å²) in [6.45, 7) is 0.228. The fourth-order valence-electron chi connectivity index (χ4n) is 1.73. The number of alkyl halides is 3. The molecule has 0 amide bonds. The summed E-state index contributed by atoms with van der Waals surface area (Å²) in [5.41, 5.74) is -0.174. The molecule has 1 atom stereocenters. The summed E-state index contributed by atoms with van der Waals surface area (Å²) in [7, 11) is 0. The Morgan fingerprint density at radius 3 is 2.42 bits per heavy atom. The second-order valence-corrected chi connectivity index (χ2v) is 4.18. The summed E-state index contributed by atoms with van der Waals surface area (Å²) in [5, 5.41) is 13.3. The quantitative estimate of drug-likeness (QED) is 0.927. The minimum atomic E-state index is -4.43. The third kappa shape index (κ3) is 3.57. The van der Waals surface area contributed by atoms with Gasteiger partial charge in [0, 0.05) is 12.7 Å². The second kappa shape index (κ2) is 5.44. The van der Waals surface area contributed by atoms with E-state index in [2.05, 4.69) is 5.10 Å². The first kappa shape index (κ1) is 13.6. The van der Waals surface area contributed by atoms with Gasteiger partial charge in [-0.15, -0.1) is 0 Å². The lowest BCUT2D eigenvalue weighted by Crippen LogP contribution is -2.09. The molecule has 0 aliphatic carbocycles. The number of halogens is 3. The van der Waals surface area contributed by atoms with Crippen LogP contribution in [0.25, 0.3) is 0 Å². The van der Waals surface area contributed by atoms with Crippen molar-refractivity contribution < 1.29 is 18.3 Å². The van der Waals surface area contributed by atoms with Gasteiger partial charge in [-0.1, -0.05) is 30.3 Å². The first-order valence-electron chi connectivity index (χ1n) is 5.80. The van der Waals surface area contributed by atoms with E-state index in [1.807, 2.05) is 6.07 Å². The van der Waals surface area contributed by atoms with E-state index in [1.165, 1.54) is 10.9 Å². The zero-order chi connectivity index (χ0) is 13.9. The fourth-order valence-corrected chi connectivity index (χ4v) is 1.73. The Bertz CT molecular complexity index is 522. The molecule has 2 rings (SSSR count). The molecule has 102 valence electrons. The molecule has 0 bridgehead atoms. The first-order valence-corrected chi connectivity index (χ1v) is 5.80. The number of benzene rings is 1. The number of aliphatic hydroxyl groups is 1. The van der Waals surface area contributed by atoms with Crippen molar-refractivity contribution >= 4 is 0 Å². The Morgan fingerprint density at radius 2 is 1.84 bits per heavy atom. The van der Waals surface area contributed by atoms with Crippen LogP contribution in [-0.4, -0.2) is 14.9 Å². The molecular weight excluding hydrogens is 257 g/mol. The van der Waals surface area contributed by atoms with Crippen molar-refractivity contribution in [1.29, 1.82) is 0 Å². The monoisotopic (exact) mass is 270 g/mol. The van der Waals surface area contributed by atoms with Gasteiger partial charge in [0.15, 0.2) is 5.69 Å². The van der Waals surface area contributed by atoms with Crippen molar-refractivity contribution in [2.45, 2.75) is 25.2 Å². The standard InChI is InChI=1S/C13H13F3N2O/c14-13(15,16)12-7-9-18(17-12)8-6-11(19)10-4-2-1-3-5-10/h1-5,7,9,11,19H,6,8H2. The van der Waals surface area contributed by atoms with Crippen LogP contribution >= 0.6 is 0 Å². The Kier molecular flexibility index (Phi) is 3.90. The number of aromatic nitrogens is 2. The van der Waals surface area contributed by atoms with Gasteiger partial charge in [0.25, 0.3) is 0 Å². The molecule has 0 aliphatic rings. The highest BCUT2D eigenvalue weighted by Crippen LogP contribution is 2.27. The molecular formula is C13H13F3N2O.